The van der Waals surface area contributed by atoms with E-state index in [-0.39, 0.29) is 12.0 Å². The number of benzene rings is 1. The first-order valence-corrected chi connectivity index (χ1v) is 9.40. The third-order valence-corrected chi connectivity index (χ3v) is 4.85. The summed E-state index contributed by atoms with van der Waals surface area (Å²) >= 11 is 0. The van der Waals surface area contributed by atoms with E-state index in [2.05, 4.69) is 15.3 Å². The Morgan fingerprint density at radius 1 is 1.27 bits per heavy atom. The van der Waals surface area contributed by atoms with Gasteiger partial charge in [-0.05, 0) is 38.0 Å². The van der Waals surface area contributed by atoms with E-state index < -0.39 is 30.0 Å². The molecule has 1 fully saturated rings. The number of nitrogens with one attached hydrogen (secondary N) is 1. The quantitative estimate of drug-likeness (QED) is 0.738. The van der Waals surface area contributed by atoms with Crippen LogP contribution in [-0.2, 0) is 26.9 Å². The maximum absolute atomic E-state index is 13.3. The van der Waals surface area contributed by atoms with Crippen LogP contribution in [0.3, 0.4) is 0 Å². The average molecular weight is 424 g/mol. The molecule has 0 saturated carbocycles. The Bertz CT molecular complexity index is 944. The first kappa shape index (κ1) is 22.0. The van der Waals surface area contributed by atoms with Crippen molar-refractivity contribution in [1.82, 2.24) is 9.97 Å². The number of rotatable bonds is 6. The standard InChI is InChI=1S/C20H23F3N4O3/c1-10-13(5-4-6-15(10)20(21,22)23)11(2)25-18-14(9-16(24)28)17(26-12(3)27-18)19-29-7-8-30-19/h4-6,11,19H,7-9H2,1-3H3,(H2,24,28)(H,25,26,27). The molecule has 3 N–H and O–H groups in total. The number of hydrogen-bond donors (Lipinski definition) is 2. The number of halogens is 3. The number of primary amides is 1. The molecule has 7 nitrogen and oxygen atoms in total. The number of nitrogens with two attached hydrogens (primary N) is 1. The van der Waals surface area contributed by atoms with Gasteiger partial charge < -0.3 is 20.5 Å². The molecule has 30 heavy (non-hydrogen) atoms. The average Bonchev–Trinajstić information content (AvgIpc) is 3.17. The number of nitrogens with zero attached hydrogens (tertiary/aromatic N) is 2. The number of alkyl halides is 3. The molecule has 3 rings (SSSR count). The highest BCUT2D eigenvalue weighted by Crippen LogP contribution is 2.36. The second-order valence-electron chi connectivity index (χ2n) is 7.08. The summed E-state index contributed by atoms with van der Waals surface area (Å²) in [6.45, 7) is 5.57. The van der Waals surface area contributed by atoms with Gasteiger partial charge in [0.25, 0.3) is 0 Å². The predicted octanol–water partition coefficient (Wildman–Crippen LogP) is 3.36. The lowest BCUT2D eigenvalue weighted by molar-refractivity contribution is -0.138. The number of aryl methyl sites for hydroxylation is 1. The molecule has 0 bridgehead atoms. The highest BCUT2D eigenvalue weighted by Gasteiger charge is 2.33. The fraction of sp³-hybridized carbons (Fsp3) is 0.450. The summed E-state index contributed by atoms with van der Waals surface area (Å²) in [7, 11) is 0. The minimum atomic E-state index is -4.45. The molecule has 1 aromatic heterocycles. The zero-order valence-corrected chi connectivity index (χ0v) is 16.8. The molecule has 1 unspecified atom stereocenters. The molecule has 0 spiro atoms. The minimum Gasteiger partial charge on any atom is -0.369 e. The first-order valence-electron chi connectivity index (χ1n) is 9.40. The lowest BCUT2D eigenvalue weighted by Crippen LogP contribution is -2.21. The van der Waals surface area contributed by atoms with Crippen molar-refractivity contribution in [1.29, 1.82) is 0 Å². The van der Waals surface area contributed by atoms with Crippen LogP contribution in [-0.4, -0.2) is 29.1 Å². The molecule has 1 aliphatic rings. The van der Waals surface area contributed by atoms with Gasteiger partial charge in [-0.3, -0.25) is 4.79 Å². The summed E-state index contributed by atoms with van der Waals surface area (Å²) in [4.78, 5) is 20.4. The number of hydrogen-bond acceptors (Lipinski definition) is 6. The van der Waals surface area contributed by atoms with Crippen LogP contribution in [0.4, 0.5) is 19.0 Å². The van der Waals surface area contributed by atoms with Crippen molar-refractivity contribution in [2.24, 2.45) is 5.73 Å². The number of carbonyl (C=O) groups excluding carboxylic acids is 1. The van der Waals surface area contributed by atoms with E-state index in [9.17, 15) is 18.0 Å². The Kier molecular flexibility index (Phi) is 6.27. The Hall–Kier alpha value is -2.72. The summed E-state index contributed by atoms with van der Waals surface area (Å²) in [5.74, 6) is 0.0974. The molecular weight excluding hydrogens is 401 g/mol. The molecular formula is C20H23F3N4O3. The normalized spacial score (nSPS) is 15.9. The fourth-order valence-corrected chi connectivity index (χ4v) is 3.51. The van der Waals surface area contributed by atoms with Crippen molar-refractivity contribution >= 4 is 11.7 Å². The molecule has 10 heteroatoms. The molecule has 1 amide bonds. The van der Waals surface area contributed by atoms with Gasteiger partial charge in [0.15, 0.2) is 0 Å². The third kappa shape index (κ3) is 4.71. The Balaban J connectivity index is 2.01. The van der Waals surface area contributed by atoms with Crippen molar-refractivity contribution in [2.45, 2.75) is 45.7 Å². The van der Waals surface area contributed by atoms with Gasteiger partial charge in [0, 0.05) is 5.56 Å². The van der Waals surface area contributed by atoms with Gasteiger partial charge in [0.2, 0.25) is 12.2 Å². The van der Waals surface area contributed by atoms with Gasteiger partial charge in [0.05, 0.1) is 31.2 Å². The molecule has 1 atom stereocenters. The van der Waals surface area contributed by atoms with Gasteiger partial charge in [-0.1, -0.05) is 12.1 Å². The van der Waals surface area contributed by atoms with Crippen LogP contribution in [0.2, 0.25) is 0 Å². The van der Waals surface area contributed by atoms with Crippen LogP contribution in [0.15, 0.2) is 18.2 Å². The van der Waals surface area contributed by atoms with E-state index in [0.717, 1.165) is 6.07 Å². The van der Waals surface area contributed by atoms with E-state index in [1.54, 1.807) is 19.9 Å². The molecule has 1 aliphatic heterocycles. The van der Waals surface area contributed by atoms with Crippen molar-refractivity contribution in [3.05, 3.63) is 52.0 Å². The maximum atomic E-state index is 13.3. The minimum absolute atomic E-state index is 0.120. The summed E-state index contributed by atoms with van der Waals surface area (Å²) < 4.78 is 50.9. The van der Waals surface area contributed by atoms with Crippen molar-refractivity contribution in [2.75, 3.05) is 18.5 Å². The largest absolute Gasteiger partial charge is 0.416 e. The van der Waals surface area contributed by atoms with Crippen molar-refractivity contribution in [3.8, 4) is 0 Å². The summed E-state index contributed by atoms with van der Waals surface area (Å²) in [6, 6.07) is 3.50. The number of aromatic nitrogens is 2. The molecule has 1 aromatic carbocycles. The smallest absolute Gasteiger partial charge is 0.369 e. The zero-order chi connectivity index (χ0) is 22.1. The lowest BCUT2D eigenvalue weighted by Gasteiger charge is -2.23. The van der Waals surface area contributed by atoms with Gasteiger partial charge in [0.1, 0.15) is 17.3 Å². The molecule has 2 heterocycles. The maximum Gasteiger partial charge on any atom is 0.416 e. The van der Waals surface area contributed by atoms with Crippen molar-refractivity contribution in [3.63, 3.8) is 0 Å². The second-order valence-corrected chi connectivity index (χ2v) is 7.08. The Labute approximate surface area is 171 Å². The highest BCUT2D eigenvalue weighted by molar-refractivity contribution is 5.78. The van der Waals surface area contributed by atoms with Crippen LogP contribution < -0.4 is 11.1 Å². The third-order valence-electron chi connectivity index (χ3n) is 4.85. The number of amides is 1. The van der Waals surface area contributed by atoms with Gasteiger partial charge in [-0.2, -0.15) is 13.2 Å². The summed E-state index contributed by atoms with van der Waals surface area (Å²) in [6.07, 6.45) is -5.38. The monoisotopic (exact) mass is 424 g/mol. The summed E-state index contributed by atoms with van der Waals surface area (Å²) in [5, 5.41) is 3.12. The molecule has 162 valence electrons. The molecule has 1 saturated heterocycles. The van der Waals surface area contributed by atoms with Crippen LogP contribution >= 0.6 is 0 Å². The van der Waals surface area contributed by atoms with Gasteiger partial charge >= 0.3 is 6.18 Å². The van der Waals surface area contributed by atoms with E-state index in [1.807, 2.05) is 0 Å². The predicted molar refractivity (Wildman–Crippen MR) is 103 cm³/mol. The Morgan fingerprint density at radius 3 is 2.53 bits per heavy atom. The number of carbonyl (C=O) groups is 1. The van der Waals surface area contributed by atoms with Gasteiger partial charge in [-0.25, -0.2) is 9.97 Å². The van der Waals surface area contributed by atoms with Crippen LogP contribution in [0, 0.1) is 13.8 Å². The number of anilines is 1. The Morgan fingerprint density at radius 2 is 1.93 bits per heavy atom. The number of ether oxygens (including phenoxy) is 2. The molecule has 0 aliphatic carbocycles. The van der Waals surface area contributed by atoms with Gasteiger partial charge in [-0.15, -0.1) is 0 Å². The fourth-order valence-electron chi connectivity index (χ4n) is 3.51. The topological polar surface area (TPSA) is 99.4 Å². The second kappa shape index (κ2) is 8.57. The molecule has 2 aromatic rings. The van der Waals surface area contributed by atoms with Crippen LogP contribution in [0.25, 0.3) is 0 Å². The zero-order valence-electron chi connectivity index (χ0n) is 16.8. The first-order chi connectivity index (χ1) is 14.1. The summed E-state index contributed by atoms with van der Waals surface area (Å²) in [5.41, 5.74) is 6.07. The van der Waals surface area contributed by atoms with Crippen LogP contribution in [0.1, 0.15) is 53.0 Å². The lowest BCUT2D eigenvalue weighted by atomic mass is 9.97. The van der Waals surface area contributed by atoms with Crippen LogP contribution in [0.5, 0.6) is 0 Å². The van der Waals surface area contributed by atoms with E-state index in [1.165, 1.54) is 13.0 Å². The van der Waals surface area contributed by atoms with E-state index in [0.29, 0.717) is 41.7 Å². The highest BCUT2D eigenvalue weighted by atomic mass is 19.4. The van der Waals surface area contributed by atoms with E-state index >= 15 is 0 Å². The van der Waals surface area contributed by atoms with E-state index in [4.69, 9.17) is 15.2 Å². The molecule has 0 radical (unpaired) electrons. The SMILES string of the molecule is Cc1nc(NC(C)c2cccc(C(F)(F)F)c2C)c(CC(N)=O)c(C2OCCO2)n1. The van der Waals surface area contributed by atoms with Crippen molar-refractivity contribution < 1.29 is 27.4 Å².